The maximum Gasteiger partial charge on any atom is 0.244 e. The van der Waals surface area contributed by atoms with Crippen LogP contribution in [0.25, 0.3) is 0 Å². The molecule has 0 unspecified atom stereocenters. The lowest BCUT2D eigenvalue weighted by Gasteiger charge is -2.15. The Morgan fingerprint density at radius 1 is 0.645 bits per heavy atom. The van der Waals surface area contributed by atoms with Gasteiger partial charge in [-0.05, 0) is 24.3 Å². The van der Waals surface area contributed by atoms with Gasteiger partial charge in [0, 0.05) is 11.1 Å². The van der Waals surface area contributed by atoms with Crippen molar-refractivity contribution in [2.45, 2.75) is 13.1 Å². The molecule has 31 heavy (non-hydrogen) atoms. The first-order valence-electron chi connectivity index (χ1n) is 9.70. The number of methoxy groups -OCH3 is 6. The maximum atomic E-state index is 5.59. The van der Waals surface area contributed by atoms with Gasteiger partial charge in [-0.25, -0.2) is 9.13 Å². The van der Waals surface area contributed by atoms with Crippen molar-refractivity contribution in [2.24, 2.45) is 0 Å². The van der Waals surface area contributed by atoms with Crippen LogP contribution in [0.5, 0.6) is 34.5 Å². The lowest BCUT2D eigenvalue weighted by Crippen LogP contribution is -2.32. The minimum Gasteiger partial charge on any atom is -0.493 e. The Morgan fingerprint density at radius 3 is 1.68 bits per heavy atom. The van der Waals surface area contributed by atoms with Crippen LogP contribution in [0.15, 0.2) is 43.0 Å². The van der Waals surface area contributed by atoms with Crippen LogP contribution in [-0.2, 0) is 13.1 Å². The second kappa shape index (κ2) is 9.97. The van der Waals surface area contributed by atoms with Gasteiger partial charge in [-0.2, -0.15) is 0 Å². The second-order valence-corrected chi connectivity index (χ2v) is 6.75. The molecule has 0 spiro atoms. The van der Waals surface area contributed by atoms with E-state index in [1.165, 1.54) is 0 Å². The molecule has 0 radical (unpaired) electrons. The average molecular weight is 429 g/mol. The van der Waals surface area contributed by atoms with E-state index in [0.29, 0.717) is 47.6 Å². The molecule has 0 aliphatic heterocycles. The summed E-state index contributed by atoms with van der Waals surface area (Å²) >= 11 is 0. The summed E-state index contributed by atoms with van der Waals surface area (Å²) in [6.45, 7) is 1.22. The molecule has 3 rings (SSSR count). The fraction of sp³-hybridized carbons (Fsp3) is 0.348. The van der Waals surface area contributed by atoms with Crippen LogP contribution in [0, 0.1) is 0 Å². The molecule has 0 amide bonds. The van der Waals surface area contributed by atoms with E-state index in [2.05, 4.69) is 9.13 Å². The summed E-state index contributed by atoms with van der Waals surface area (Å²) in [5, 5.41) is 0. The predicted molar refractivity (Wildman–Crippen MR) is 115 cm³/mol. The normalized spacial score (nSPS) is 10.5. The molecule has 0 saturated heterocycles. The van der Waals surface area contributed by atoms with E-state index in [1.54, 1.807) is 42.7 Å². The second-order valence-electron chi connectivity index (χ2n) is 6.75. The highest BCUT2D eigenvalue weighted by molar-refractivity contribution is 5.56. The lowest BCUT2D eigenvalue weighted by molar-refractivity contribution is -0.687. The van der Waals surface area contributed by atoms with E-state index >= 15 is 0 Å². The first kappa shape index (κ1) is 22.1. The molecule has 0 N–H and O–H groups in total. The van der Waals surface area contributed by atoms with E-state index in [4.69, 9.17) is 28.4 Å². The number of rotatable bonds is 10. The lowest BCUT2D eigenvalue weighted by atomic mass is 10.1. The van der Waals surface area contributed by atoms with Crippen LogP contribution < -0.4 is 33.0 Å². The Bertz CT molecular complexity index is 951. The molecule has 3 aromatic rings. The number of benzene rings is 2. The fourth-order valence-electron chi connectivity index (χ4n) is 3.59. The van der Waals surface area contributed by atoms with Gasteiger partial charge in [0.05, 0.1) is 42.7 Å². The molecule has 0 atom stereocenters. The molecular formula is C23H29N2O6+. The summed E-state index contributed by atoms with van der Waals surface area (Å²) in [5.41, 5.74) is 1.96. The third-order valence-electron chi connectivity index (χ3n) is 5.02. The summed E-state index contributed by atoms with van der Waals surface area (Å²) < 4.78 is 37.0. The van der Waals surface area contributed by atoms with Gasteiger partial charge in [-0.15, -0.1) is 0 Å². The smallest absolute Gasteiger partial charge is 0.244 e. The zero-order valence-electron chi connectivity index (χ0n) is 18.8. The first-order chi connectivity index (χ1) is 15.1. The van der Waals surface area contributed by atoms with Crippen molar-refractivity contribution in [3.05, 3.63) is 54.1 Å². The van der Waals surface area contributed by atoms with Gasteiger partial charge < -0.3 is 28.4 Å². The number of imidazole rings is 1. The molecule has 8 nitrogen and oxygen atoms in total. The molecule has 0 bridgehead atoms. The number of hydrogen-bond acceptors (Lipinski definition) is 6. The van der Waals surface area contributed by atoms with Crippen molar-refractivity contribution in [1.29, 1.82) is 0 Å². The summed E-state index contributed by atoms with van der Waals surface area (Å²) in [6, 6.07) is 7.70. The molecule has 1 heterocycles. The van der Waals surface area contributed by atoms with Gasteiger partial charge in [-0.1, -0.05) is 0 Å². The number of aromatic nitrogens is 2. The van der Waals surface area contributed by atoms with Gasteiger partial charge in [-0.3, -0.25) is 0 Å². The zero-order valence-corrected chi connectivity index (χ0v) is 18.8. The molecule has 0 saturated carbocycles. The Hall–Kier alpha value is -3.55. The van der Waals surface area contributed by atoms with Crippen LogP contribution >= 0.6 is 0 Å². The molecule has 166 valence electrons. The van der Waals surface area contributed by atoms with E-state index < -0.39 is 0 Å². The van der Waals surface area contributed by atoms with Gasteiger partial charge >= 0.3 is 0 Å². The third kappa shape index (κ3) is 4.47. The van der Waals surface area contributed by atoms with E-state index in [1.807, 2.05) is 43.0 Å². The Balaban J connectivity index is 1.85. The van der Waals surface area contributed by atoms with Crippen molar-refractivity contribution < 1.29 is 33.0 Å². The van der Waals surface area contributed by atoms with Crippen LogP contribution in [0.4, 0.5) is 0 Å². The Labute approximate surface area is 182 Å². The standard InChI is InChI=1S/C23H29N2O6/c1-26-18-9-7-16(20(28-3)22(18)30-5)13-24-11-12-25(15-24)14-17-8-10-19(27-2)23(31-6)21(17)29-4/h7-12,15H,13-14H2,1-6H3/q+1. The highest BCUT2D eigenvalue weighted by Crippen LogP contribution is 2.40. The van der Waals surface area contributed by atoms with Crippen molar-refractivity contribution in [3.63, 3.8) is 0 Å². The van der Waals surface area contributed by atoms with Crippen LogP contribution in [0.3, 0.4) is 0 Å². The molecule has 8 heteroatoms. The number of hydrogen-bond donors (Lipinski definition) is 0. The van der Waals surface area contributed by atoms with Gasteiger partial charge in [0.2, 0.25) is 17.8 Å². The van der Waals surface area contributed by atoms with E-state index in [-0.39, 0.29) is 0 Å². The predicted octanol–water partition coefficient (Wildman–Crippen LogP) is 2.92. The maximum absolute atomic E-state index is 5.59. The van der Waals surface area contributed by atoms with Crippen LogP contribution in [0.2, 0.25) is 0 Å². The van der Waals surface area contributed by atoms with Crippen LogP contribution in [0.1, 0.15) is 11.1 Å². The van der Waals surface area contributed by atoms with Gasteiger partial charge in [0.1, 0.15) is 25.5 Å². The molecule has 2 aromatic carbocycles. The topological polar surface area (TPSA) is 64.2 Å². The van der Waals surface area contributed by atoms with Crippen LogP contribution in [-0.4, -0.2) is 47.2 Å². The number of nitrogens with zero attached hydrogens (tertiary/aromatic N) is 2. The van der Waals surface area contributed by atoms with Gasteiger partial charge in [0.25, 0.3) is 0 Å². The third-order valence-corrected chi connectivity index (χ3v) is 5.02. The van der Waals surface area contributed by atoms with E-state index in [0.717, 1.165) is 11.1 Å². The highest BCUT2D eigenvalue weighted by Gasteiger charge is 2.20. The summed E-state index contributed by atoms with van der Waals surface area (Å²) in [4.78, 5) is 0. The first-order valence-corrected chi connectivity index (χ1v) is 9.70. The van der Waals surface area contributed by atoms with Crippen molar-refractivity contribution in [3.8, 4) is 34.5 Å². The van der Waals surface area contributed by atoms with Crippen molar-refractivity contribution >= 4 is 0 Å². The summed E-state index contributed by atoms with van der Waals surface area (Å²) in [6.07, 6.45) is 6.03. The quantitative estimate of drug-likeness (QED) is 0.462. The number of ether oxygens (including phenoxy) is 6. The minimum atomic E-state index is 0.581. The Kier molecular flexibility index (Phi) is 7.12. The zero-order chi connectivity index (χ0) is 22.4. The highest BCUT2D eigenvalue weighted by atomic mass is 16.5. The Morgan fingerprint density at radius 2 is 1.16 bits per heavy atom. The SMILES string of the molecule is COc1ccc(Cn2cc[n+](Cc3ccc(OC)c(OC)c3OC)c2)c(OC)c1OC. The van der Waals surface area contributed by atoms with Crippen molar-refractivity contribution in [1.82, 2.24) is 4.57 Å². The molecule has 0 aliphatic rings. The average Bonchev–Trinajstić information content (AvgIpc) is 3.24. The summed E-state index contributed by atoms with van der Waals surface area (Å²) in [5.74, 6) is 3.74. The molecule has 0 aliphatic carbocycles. The van der Waals surface area contributed by atoms with Gasteiger partial charge in [0.15, 0.2) is 23.0 Å². The minimum absolute atomic E-state index is 0.581. The molecular weight excluding hydrogens is 400 g/mol. The van der Waals surface area contributed by atoms with Crippen molar-refractivity contribution in [2.75, 3.05) is 42.7 Å². The largest absolute Gasteiger partial charge is 0.493 e. The van der Waals surface area contributed by atoms with E-state index in [9.17, 15) is 0 Å². The molecule has 0 fully saturated rings. The monoisotopic (exact) mass is 429 g/mol. The fourth-order valence-corrected chi connectivity index (χ4v) is 3.59. The summed E-state index contributed by atoms with van der Waals surface area (Å²) in [7, 11) is 9.66. The molecule has 1 aromatic heterocycles.